The summed E-state index contributed by atoms with van der Waals surface area (Å²) in [5, 5.41) is 9.90. The average Bonchev–Trinajstić information content (AvgIpc) is 2.56. The Hall–Kier alpha value is -1.10. The van der Waals surface area contributed by atoms with E-state index in [4.69, 9.17) is 4.74 Å². The minimum absolute atomic E-state index is 0.0883. The minimum Gasteiger partial charge on any atom is -0.493 e. The van der Waals surface area contributed by atoms with Crippen LogP contribution in [0.1, 0.15) is 39.3 Å². The third-order valence-corrected chi connectivity index (χ3v) is 4.49. The van der Waals surface area contributed by atoms with Crippen LogP contribution in [0.4, 0.5) is 0 Å². The van der Waals surface area contributed by atoms with Crippen molar-refractivity contribution in [3.05, 3.63) is 29.8 Å². The second kappa shape index (κ2) is 9.40. The van der Waals surface area contributed by atoms with Gasteiger partial charge in [-0.2, -0.15) is 0 Å². The topological polar surface area (TPSA) is 35.9 Å². The van der Waals surface area contributed by atoms with Gasteiger partial charge in [0.1, 0.15) is 5.75 Å². The van der Waals surface area contributed by atoms with Crippen LogP contribution in [0.25, 0.3) is 0 Å². The zero-order valence-corrected chi connectivity index (χ0v) is 15.7. The van der Waals surface area contributed by atoms with Gasteiger partial charge in [-0.3, -0.25) is 4.90 Å². The normalized spacial score (nSPS) is 18.3. The van der Waals surface area contributed by atoms with Crippen molar-refractivity contribution >= 4 is 0 Å². The quantitative estimate of drug-likeness (QED) is 0.793. The van der Waals surface area contributed by atoms with Gasteiger partial charge < -0.3 is 14.7 Å². The van der Waals surface area contributed by atoms with Crippen LogP contribution in [0.3, 0.4) is 0 Å². The molecule has 1 heterocycles. The van der Waals surface area contributed by atoms with E-state index >= 15 is 0 Å². The van der Waals surface area contributed by atoms with Crippen molar-refractivity contribution in [2.75, 3.05) is 45.9 Å². The maximum atomic E-state index is 9.90. The molecule has 1 unspecified atom stereocenters. The smallest absolute Gasteiger partial charge is 0.119 e. The van der Waals surface area contributed by atoms with Gasteiger partial charge in [0.2, 0.25) is 0 Å². The van der Waals surface area contributed by atoms with Gasteiger partial charge in [0.05, 0.1) is 19.3 Å². The largest absolute Gasteiger partial charge is 0.493 e. The lowest BCUT2D eigenvalue weighted by Crippen LogP contribution is -2.49. The summed E-state index contributed by atoms with van der Waals surface area (Å²) in [4.78, 5) is 4.93. The molecule has 136 valence electrons. The molecule has 4 nitrogen and oxygen atoms in total. The third-order valence-electron chi connectivity index (χ3n) is 4.49. The fourth-order valence-corrected chi connectivity index (χ4v) is 3.25. The standard InChI is InChI=1S/C20H34N2O2/c1-16(2)13-21-9-11-22(12-10-21)20(14-23)18-5-7-19(8-6-18)24-15-17(3)4/h5-8,16-17,20,23H,9-15H2,1-4H3. The fourth-order valence-electron chi connectivity index (χ4n) is 3.25. The number of rotatable bonds is 8. The molecule has 0 spiro atoms. The molecule has 1 aromatic rings. The maximum Gasteiger partial charge on any atom is 0.119 e. The lowest BCUT2D eigenvalue weighted by molar-refractivity contribution is 0.0606. The number of ether oxygens (including phenoxy) is 1. The van der Waals surface area contributed by atoms with Gasteiger partial charge in [-0.25, -0.2) is 0 Å². The summed E-state index contributed by atoms with van der Waals surface area (Å²) in [5.41, 5.74) is 1.17. The Bertz CT molecular complexity index is 465. The number of hydrogen-bond donors (Lipinski definition) is 1. The highest BCUT2D eigenvalue weighted by Gasteiger charge is 2.24. The molecule has 0 aliphatic carbocycles. The van der Waals surface area contributed by atoms with E-state index < -0.39 is 0 Å². The van der Waals surface area contributed by atoms with Gasteiger partial charge in [0.25, 0.3) is 0 Å². The summed E-state index contributed by atoms with van der Waals surface area (Å²) >= 11 is 0. The minimum atomic E-state index is 0.0883. The van der Waals surface area contributed by atoms with Crippen molar-refractivity contribution in [1.82, 2.24) is 9.80 Å². The number of piperazine rings is 1. The molecular formula is C20H34N2O2. The molecule has 0 bridgehead atoms. The van der Waals surface area contributed by atoms with Crippen molar-refractivity contribution in [3.8, 4) is 5.75 Å². The van der Waals surface area contributed by atoms with E-state index in [1.54, 1.807) is 0 Å². The molecule has 1 saturated heterocycles. The molecule has 0 saturated carbocycles. The van der Waals surface area contributed by atoms with Crippen molar-refractivity contribution in [2.24, 2.45) is 11.8 Å². The Labute approximate surface area is 147 Å². The molecule has 4 heteroatoms. The highest BCUT2D eigenvalue weighted by molar-refractivity contribution is 5.29. The zero-order valence-electron chi connectivity index (χ0n) is 15.7. The molecule has 1 atom stereocenters. The summed E-state index contributed by atoms with van der Waals surface area (Å²) in [5.74, 6) is 2.14. The molecule has 0 radical (unpaired) electrons. The Kier molecular flexibility index (Phi) is 7.53. The van der Waals surface area contributed by atoms with Crippen LogP contribution in [0.2, 0.25) is 0 Å². The summed E-state index contributed by atoms with van der Waals surface area (Å²) < 4.78 is 5.75. The summed E-state index contributed by atoms with van der Waals surface area (Å²) in [7, 11) is 0. The van der Waals surface area contributed by atoms with Gasteiger partial charge in [-0.1, -0.05) is 39.8 Å². The number of hydrogen-bond acceptors (Lipinski definition) is 4. The first-order valence-electron chi connectivity index (χ1n) is 9.29. The number of benzene rings is 1. The fraction of sp³-hybridized carbons (Fsp3) is 0.700. The van der Waals surface area contributed by atoms with Crippen molar-refractivity contribution < 1.29 is 9.84 Å². The van der Waals surface area contributed by atoms with Crippen LogP contribution in [0.5, 0.6) is 5.75 Å². The van der Waals surface area contributed by atoms with Crippen molar-refractivity contribution in [1.29, 1.82) is 0 Å². The molecule has 0 aromatic heterocycles. The van der Waals surface area contributed by atoms with E-state index in [0.29, 0.717) is 11.8 Å². The Balaban J connectivity index is 1.91. The maximum absolute atomic E-state index is 9.90. The van der Waals surface area contributed by atoms with E-state index in [9.17, 15) is 5.11 Å². The van der Waals surface area contributed by atoms with E-state index in [-0.39, 0.29) is 12.6 Å². The lowest BCUT2D eigenvalue weighted by Gasteiger charge is -2.39. The lowest BCUT2D eigenvalue weighted by atomic mass is 10.0. The number of aliphatic hydroxyl groups is 1. The average molecular weight is 335 g/mol. The van der Waals surface area contributed by atoms with Crippen LogP contribution < -0.4 is 4.74 Å². The first-order chi connectivity index (χ1) is 11.5. The Morgan fingerprint density at radius 2 is 1.58 bits per heavy atom. The van der Waals surface area contributed by atoms with E-state index in [1.807, 2.05) is 12.1 Å². The number of nitrogens with zero attached hydrogens (tertiary/aromatic N) is 2. The monoisotopic (exact) mass is 334 g/mol. The highest BCUT2D eigenvalue weighted by atomic mass is 16.5. The summed E-state index contributed by atoms with van der Waals surface area (Å²) in [6.07, 6.45) is 0. The van der Waals surface area contributed by atoms with E-state index in [2.05, 4.69) is 49.6 Å². The number of aliphatic hydroxyl groups excluding tert-OH is 1. The van der Waals surface area contributed by atoms with E-state index in [1.165, 1.54) is 12.1 Å². The van der Waals surface area contributed by atoms with E-state index in [0.717, 1.165) is 38.5 Å². The first kappa shape index (κ1) is 19.2. The molecule has 1 fully saturated rings. The van der Waals surface area contributed by atoms with Gasteiger partial charge in [0.15, 0.2) is 0 Å². The van der Waals surface area contributed by atoms with Gasteiger partial charge in [-0.05, 0) is 29.5 Å². The third kappa shape index (κ3) is 5.76. The van der Waals surface area contributed by atoms with Gasteiger partial charge >= 0.3 is 0 Å². The molecule has 1 aliphatic rings. The highest BCUT2D eigenvalue weighted by Crippen LogP contribution is 2.24. The molecule has 24 heavy (non-hydrogen) atoms. The van der Waals surface area contributed by atoms with Gasteiger partial charge in [-0.15, -0.1) is 0 Å². The van der Waals surface area contributed by atoms with Gasteiger partial charge in [0, 0.05) is 32.7 Å². The van der Waals surface area contributed by atoms with Crippen LogP contribution >= 0.6 is 0 Å². The molecule has 1 aromatic carbocycles. The van der Waals surface area contributed by atoms with Crippen molar-refractivity contribution in [3.63, 3.8) is 0 Å². The second-order valence-electron chi connectivity index (χ2n) is 7.70. The molecule has 1 aliphatic heterocycles. The zero-order chi connectivity index (χ0) is 17.5. The second-order valence-corrected chi connectivity index (χ2v) is 7.70. The predicted octanol–water partition coefficient (Wildman–Crippen LogP) is 3.03. The van der Waals surface area contributed by atoms with Crippen LogP contribution in [0, 0.1) is 11.8 Å². The molecular weight excluding hydrogens is 300 g/mol. The van der Waals surface area contributed by atoms with Crippen LogP contribution in [-0.2, 0) is 0 Å². The summed E-state index contributed by atoms with van der Waals surface area (Å²) in [6, 6.07) is 8.32. The Morgan fingerprint density at radius 1 is 0.958 bits per heavy atom. The van der Waals surface area contributed by atoms with Crippen LogP contribution in [0.15, 0.2) is 24.3 Å². The summed E-state index contributed by atoms with van der Waals surface area (Å²) in [6.45, 7) is 15.1. The molecule has 1 N–H and O–H groups in total. The predicted molar refractivity (Wildman–Crippen MR) is 99.5 cm³/mol. The SMILES string of the molecule is CC(C)COc1ccc(C(CO)N2CCN(CC(C)C)CC2)cc1. The molecule has 2 rings (SSSR count). The van der Waals surface area contributed by atoms with Crippen molar-refractivity contribution in [2.45, 2.75) is 33.7 Å². The first-order valence-corrected chi connectivity index (χ1v) is 9.29. The van der Waals surface area contributed by atoms with Crippen LogP contribution in [-0.4, -0.2) is 60.8 Å². The Morgan fingerprint density at radius 3 is 2.08 bits per heavy atom. The molecule has 0 amide bonds.